The first-order valence-corrected chi connectivity index (χ1v) is 6.18. The minimum Gasteiger partial charge on any atom is -0.289 e. The van der Waals surface area contributed by atoms with Crippen LogP contribution in [-0.4, -0.2) is 5.78 Å². The largest absolute Gasteiger partial charge is 0.289 e. The molecule has 0 radical (unpaired) electrons. The monoisotopic (exact) mass is 284 g/mol. The van der Waals surface area contributed by atoms with Gasteiger partial charge in [0.25, 0.3) is 5.70 Å². The van der Waals surface area contributed by atoms with Crippen LogP contribution in [0.4, 0.5) is 8.78 Å². The van der Waals surface area contributed by atoms with Crippen molar-refractivity contribution in [3.8, 4) is 6.07 Å². The predicted octanol–water partition coefficient (Wildman–Crippen LogP) is 3.90. The zero-order valence-corrected chi connectivity index (χ0v) is 11.4. The second kappa shape index (κ2) is 5.30. The number of fused-ring (bicyclic) bond motifs is 1. The number of ketones is 1. The van der Waals surface area contributed by atoms with Crippen LogP contribution in [0.25, 0.3) is 10.4 Å². The number of carbonyl (C=O) groups is 1. The first-order valence-electron chi connectivity index (χ1n) is 6.18. The molecule has 0 atom stereocenters. The summed E-state index contributed by atoms with van der Waals surface area (Å²) in [6.07, 6.45) is 1.59. The number of rotatable bonds is 1. The summed E-state index contributed by atoms with van der Waals surface area (Å²) in [6.45, 7) is 10.7. The van der Waals surface area contributed by atoms with Gasteiger partial charge in [0.2, 0.25) is 0 Å². The lowest BCUT2D eigenvalue weighted by molar-refractivity contribution is 0.104. The summed E-state index contributed by atoms with van der Waals surface area (Å²) in [5.74, 6) is -2.77. The number of halogens is 2. The zero-order valence-electron chi connectivity index (χ0n) is 11.4. The number of benzene rings is 1. The average molecular weight is 284 g/mol. The number of hydrogen-bond acceptors (Lipinski definition) is 2. The number of nitrogens with zero attached hydrogens (tertiary/aromatic N) is 2. The van der Waals surface area contributed by atoms with Gasteiger partial charge >= 0.3 is 0 Å². The van der Waals surface area contributed by atoms with Crippen molar-refractivity contribution in [2.75, 3.05) is 0 Å². The van der Waals surface area contributed by atoms with Crippen LogP contribution in [0, 0.1) is 35.5 Å². The van der Waals surface area contributed by atoms with Gasteiger partial charge in [-0.3, -0.25) is 4.79 Å². The van der Waals surface area contributed by atoms with Gasteiger partial charge in [0, 0.05) is 16.7 Å². The normalized spacial score (nSPS) is 17.7. The molecule has 0 N–H and O–H groups in total. The van der Waals surface area contributed by atoms with Gasteiger partial charge in [0.1, 0.15) is 0 Å². The molecule has 21 heavy (non-hydrogen) atoms. The van der Waals surface area contributed by atoms with E-state index in [2.05, 4.69) is 4.85 Å². The Labute approximate surface area is 120 Å². The van der Waals surface area contributed by atoms with Crippen LogP contribution in [0.2, 0.25) is 0 Å². The van der Waals surface area contributed by atoms with E-state index in [0.29, 0.717) is 0 Å². The highest BCUT2D eigenvalue weighted by atomic mass is 19.2. The first kappa shape index (κ1) is 14.6. The highest BCUT2D eigenvalue weighted by Gasteiger charge is 2.33. The summed E-state index contributed by atoms with van der Waals surface area (Å²) in [4.78, 5) is 15.4. The molecule has 1 aromatic rings. The molecule has 104 valence electrons. The van der Waals surface area contributed by atoms with Crippen LogP contribution in [0.15, 0.2) is 29.5 Å². The van der Waals surface area contributed by atoms with E-state index in [9.17, 15) is 13.6 Å². The number of nitriles is 1. The molecule has 0 fully saturated rings. The summed E-state index contributed by atoms with van der Waals surface area (Å²) < 4.78 is 26.8. The van der Waals surface area contributed by atoms with E-state index in [4.69, 9.17) is 11.8 Å². The Morgan fingerprint density at radius 2 is 1.90 bits per heavy atom. The molecule has 3 nitrogen and oxygen atoms in total. The minimum absolute atomic E-state index is 0.0198. The van der Waals surface area contributed by atoms with Crippen molar-refractivity contribution in [3.05, 3.63) is 63.7 Å². The summed E-state index contributed by atoms with van der Waals surface area (Å²) in [6, 6.07) is 3.38. The lowest BCUT2D eigenvalue weighted by Gasteiger charge is -2.04. The molecule has 0 saturated carbocycles. The Morgan fingerprint density at radius 1 is 1.33 bits per heavy atom. The molecule has 0 bridgehead atoms. The SMILES string of the molecule is [C-]#[N+]/C(C#N)=C1/C(=C/C(C)C)C(=O)c2cc(F)c(F)cc21. The fraction of sp³-hybridized carbons (Fsp3) is 0.188. The molecule has 1 aliphatic carbocycles. The highest BCUT2D eigenvalue weighted by molar-refractivity contribution is 6.27. The summed E-state index contributed by atoms with van der Waals surface area (Å²) in [7, 11) is 0. The topological polar surface area (TPSA) is 45.2 Å². The summed E-state index contributed by atoms with van der Waals surface area (Å²) >= 11 is 0. The molecular formula is C16H10F2N2O. The van der Waals surface area contributed by atoms with Crippen molar-refractivity contribution in [1.82, 2.24) is 0 Å². The third-order valence-corrected chi connectivity index (χ3v) is 3.04. The average Bonchev–Trinajstić information content (AvgIpc) is 2.66. The van der Waals surface area contributed by atoms with Crippen molar-refractivity contribution in [1.29, 1.82) is 5.26 Å². The van der Waals surface area contributed by atoms with Crippen molar-refractivity contribution in [2.45, 2.75) is 13.8 Å². The van der Waals surface area contributed by atoms with Gasteiger partial charge in [-0.25, -0.2) is 18.9 Å². The summed E-state index contributed by atoms with van der Waals surface area (Å²) in [5, 5.41) is 9.05. The number of carbonyl (C=O) groups excluding carboxylic acids is 1. The smallest absolute Gasteiger partial charge is 0.270 e. The Balaban J connectivity index is 2.88. The highest BCUT2D eigenvalue weighted by Crippen LogP contribution is 2.40. The van der Waals surface area contributed by atoms with Crippen LogP contribution in [0.5, 0.6) is 0 Å². The maximum absolute atomic E-state index is 13.4. The maximum Gasteiger partial charge on any atom is 0.270 e. The Hall–Kier alpha value is -2.79. The molecule has 0 aromatic heterocycles. The van der Waals surface area contributed by atoms with Crippen LogP contribution in [0.3, 0.4) is 0 Å². The molecular weight excluding hydrogens is 274 g/mol. The van der Waals surface area contributed by atoms with Gasteiger partial charge in [-0.05, 0) is 23.6 Å². The van der Waals surface area contributed by atoms with Gasteiger partial charge in [-0.1, -0.05) is 19.9 Å². The van der Waals surface area contributed by atoms with Crippen molar-refractivity contribution in [3.63, 3.8) is 0 Å². The molecule has 1 aromatic carbocycles. The van der Waals surface area contributed by atoms with Gasteiger partial charge < -0.3 is 0 Å². The first-order chi connectivity index (χ1) is 9.90. The van der Waals surface area contributed by atoms with Crippen LogP contribution in [0.1, 0.15) is 29.8 Å². The van der Waals surface area contributed by atoms with Crippen molar-refractivity contribution >= 4 is 11.4 Å². The summed E-state index contributed by atoms with van der Waals surface area (Å²) in [5.41, 5.74) is 0.00297. The van der Waals surface area contributed by atoms with E-state index in [-0.39, 0.29) is 33.9 Å². The Bertz CT molecular complexity index is 774. The Kier molecular flexibility index (Phi) is 3.69. The van der Waals surface area contributed by atoms with E-state index in [1.807, 2.05) is 13.8 Å². The van der Waals surface area contributed by atoms with Crippen LogP contribution < -0.4 is 0 Å². The molecule has 0 amide bonds. The van der Waals surface area contributed by atoms with E-state index >= 15 is 0 Å². The maximum atomic E-state index is 13.4. The number of Topliss-reactive ketones (excluding diaryl/α,β-unsaturated/α-hetero) is 1. The molecule has 1 aliphatic rings. The third kappa shape index (κ3) is 2.34. The fourth-order valence-electron chi connectivity index (χ4n) is 2.23. The second-order valence-electron chi connectivity index (χ2n) is 4.91. The third-order valence-electron chi connectivity index (χ3n) is 3.04. The minimum atomic E-state index is -1.13. The molecule has 0 heterocycles. The van der Waals surface area contributed by atoms with E-state index in [1.165, 1.54) is 0 Å². The van der Waals surface area contributed by atoms with Crippen molar-refractivity contribution < 1.29 is 13.6 Å². The van der Waals surface area contributed by atoms with Crippen LogP contribution >= 0.6 is 0 Å². The van der Waals surface area contributed by atoms with E-state index in [0.717, 1.165) is 12.1 Å². The number of hydrogen-bond donors (Lipinski definition) is 0. The quantitative estimate of drug-likeness (QED) is 0.446. The fourth-order valence-corrected chi connectivity index (χ4v) is 2.23. The van der Waals surface area contributed by atoms with E-state index < -0.39 is 17.4 Å². The lowest BCUT2D eigenvalue weighted by Crippen LogP contribution is -1.98. The van der Waals surface area contributed by atoms with Gasteiger partial charge in [0.05, 0.1) is 12.6 Å². The Morgan fingerprint density at radius 3 is 2.38 bits per heavy atom. The van der Waals surface area contributed by atoms with Crippen LogP contribution in [-0.2, 0) is 0 Å². The molecule has 0 aliphatic heterocycles. The second-order valence-corrected chi connectivity index (χ2v) is 4.91. The zero-order chi connectivity index (χ0) is 15.7. The van der Waals surface area contributed by atoms with Gasteiger partial charge in [-0.2, -0.15) is 0 Å². The standard InChI is InChI=1S/C16H10F2N2O/c1-8(2)4-11-15(14(7-19)20-3)9-5-12(17)13(18)6-10(9)16(11)21/h4-6,8H,1-2H3/b11-4-,15-14+. The molecule has 5 heteroatoms. The van der Waals surface area contributed by atoms with Crippen molar-refractivity contribution in [2.24, 2.45) is 5.92 Å². The van der Waals surface area contributed by atoms with E-state index in [1.54, 1.807) is 12.1 Å². The molecule has 0 spiro atoms. The molecule has 2 rings (SSSR count). The lowest BCUT2D eigenvalue weighted by atomic mass is 10.00. The molecule has 0 unspecified atom stereocenters. The molecule has 0 saturated heterocycles. The predicted molar refractivity (Wildman–Crippen MR) is 72.7 cm³/mol. The van der Waals surface area contributed by atoms with Gasteiger partial charge in [-0.15, -0.1) is 0 Å². The van der Waals surface area contributed by atoms with Gasteiger partial charge in [0.15, 0.2) is 17.4 Å². The number of allylic oxidation sites excluding steroid dienone is 4.